The van der Waals surface area contributed by atoms with E-state index in [9.17, 15) is 0 Å². The zero-order valence-electron chi connectivity index (χ0n) is 16.8. The van der Waals surface area contributed by atoms with Crippen molar-refractivity contribution in [3.8, 4) is 0 Å². The Morgan fingerprint density at radius 1 is 0.767 bits per heavy atom. The molecule has 0 amide bonds. The van der Waals surface area contributed by atoms with Crippen molar-refractivity contribution in [2.45, 2.75) is 37.2 Å². The minimum absolute atomic E-state index is 0.0507. The lowest BCUT2D eigenvalue weighted by atomic mass is 9.65. The van der Waals surface area contributed by atoms with Crippen molar-refractivity contribution in [3.05, 3.63) is 109 Å². The highest BCUT2D eigenvalue weighted by Gasteiger charge is 2.39. The first kappa shape index (κ1) is 19.2. The number of hydrogen-bond donors (Lipinski definition) is 0. The van der Waals surface area contributed by atoms with Gasteiger partial charge < -0.3 is 4.52 Å². The summed E-state index contributed by atoms with van der Waals surface area (Å²) in [5.41, 5.74) is 2.86. The molecule has 1 aliphatic carbocycles. The first-order chi connectivity index (χ1) is 14.9. The van der Waals surface area contributed by atoms with Crippen LogP contribution in [0.25, 0.3) is 0 Å². The lowest BCUT2D eigenvalue weighted by Gasteiger charge is -2.41. The molecule has 0 atom stereocenters. The summed E-state index contributed by atoms with van der Waals surface area (Å²) < 4.78 is 10.8. The van der Waals surface area contributed by atoms with Gasteiger partial charge in [0.05, 0.1) is 6.10 Å². The van der Waals surface area contributed by atoms with E-state index in [1.807, 2.05) is 33.7 Å². The van der Waals surface area contributed by atoms with E-state index in [1.54, 1.807) is 12.4 Å². The van der Waals surface area contributed by atoms with Gasteiger partial charge in [-0.25, -0.2) is 9.97 Å². The normalized spacial score (nSPS) is 16.7. The fourth-order valence-corrected chi connectivity index (χ4v) is 6.09. The van der Waals surface area contributed by atoms with Crippen LogP contribution >= 0.6 is 8.45 Å². The van der Waals surface area contributed by atoms with E-state index in [0.29, 0.717) is 0 Å². The van der Waals surface area contributed by atoms with E-state index in [2.05, 4.69) is 70.6 Å². The van der Waals surface area contributed by atoms with Gasteiger partial charge in [-0.15, -0.1) is 0 Å². The van der Waals surface area contributed by atoms with Crippen molar-refractivity contribution >= 4 is 8.45 Å². The molecule has 152 valence electrons. The molecule has 30 heavy (non-hydrogen) atoms. The molecule has 0 saturated heterocycles. The van der Waals surface area contributed by atoms with Gasteiger partial charge in [0.1, 0.15) is 12.7 Å². The molecule has 1 aliphatic rings. The van der Waals surface area contributed by atoms with Crippen LogP contribution in [0, 0.1) is 0 Å². The molecule has 0 bridgehead atoms. The van der Waals surface area contributed by atoms with Crippen molar-refractivity contribution in [3.63, 3.8) is 0 Å². The van der Waals surface area contributed by atoms with Crippen LogP contribution in [-0.4, -0.2) is 24.7 Å². The van der Waals surface area contributed by atoms with E-state index in [4.69, 9.17) is 4.52 Å². The highest BCUT2D eigenvalue weighted by molar-refractivity contribution is 7.49. The van der Waals surface area contributed by atoms with Gasteiger partial charge in [0.25, 0.3) is 8.45 Å². The Hall–Kier alpha value is -2.75. The van der Waals surface area contributed by atoms with Gasteiger partial charge in [-0.1, -0.05) is 60.7 Å². The van der Waals surface area contributed by atoms with Crippen LogP contribution in [-0.2, 0) is 9.94 Å². The first-order valence-corrected chi connectivity index (χ1v) is 11.6. The first-order valence-electron chi connectivity index (χ1n) is 10.4. The Morgan fingerprint density at radius 3 is 1.70 bits per heavy atom. The second kappa shape index (κ2) is 8.55. The molecule has 1 saturated carbocycles. The molecule has 0 unspecified atom stereocenters. The standard InChI is InChI=1S/C24H25N4OP/c1-3-7-21(8-4-1)24(22-9-5-2-6-10-22)13-11-23(12-14-24)29-30(27-17-15-25-19-27)28-18-16-26-20-28/h1-10,15-20,23H,11-14H2. The lowest BCUT2D eigenvalue weighted by Crippen LogP contribution is -2.35. The van der Waals surface area contributed by atoms with Crippen LogP contribution in [0.5, 0.6) is 0 Å². The summed E-state index contributed by atoms with van der Waals surface area (Å²) in [4.78, 5) is 8.43. The minimum atomic E-state index is -1.03. The number of hydrogen-bond acceptors (Lipinski definition) is 3. The van der Waals surface area contributed by atoms with Gasteiger partial charge in [0.15, 0.2) is 0 Å². The summed E-state index contributed by atoms with van der Waals surface area (Å²) in [5, 5.41) is 0. The van der Waals surface area contributed by atoms with Crippen molar-refractivity contribution in [2.75, 3.05) is 0 Å². The fourth-order valence-electron chi connectivity index (χ4n) is 4.52. The Bertz CT molecular complexity index is 952. The van der Waals surface area contributed by atoms with E-state index in [1.165, 1.54) is 11.1 Å². The van der Waals surface area contributed by atoms with Gasteiger partial charge in [-0.05, 0) is 36.8 Å². The Labute approximate surface area is 178 Å². The predicted octanol–water partition coefficient (Wildman–Crippen LogP) is 5.65. The molecule has 0 aliphatic heterocycles. The van der Waals surface area contributed by atoms with Crippen LogP contribution in [0.1, 0.15) is 36.8 Å². The molecule has 0 spiro atoms. The summed E-state index contributed by atoms with van der Waals surface area (Å²) in [6, 6.07) is 21.9. The molecule has 0 radical (unpaired) electrons. The molecule has 5 rings (SSSR count). The Kier molecular flexibility index (Phi) is 5.48. The second-order valence-electron chi connectivity index (χ2n) is 7.76. The summed E-state index contributed by atoms with van der Waals surface area (Å²) in [5.74, 6) is 0. The Morgan fingerprint density at radius 2 is 1.27 bits per heavy atom. The van der Waals surface area contributed by atoms with Gasteiger partial charge in [-0.2, -0.15) is 0 Å². The number of aromatic nitrogens is 4. The van der Waals surface area contributed by atoms with E-state index >= 15 is 0 Å². The Balaban J connectivity index is 1.39. The van der Waals surface area contributed by atoms with Crippen LogP contribution in [0.4, 0.5) is 0 Å². The zero-order chi connectivity index (χ0) is 20.2. The molecule has 1 fully saturated rings. The fraction of sp³-hybridized carbons (Fsp3) is 0.250. The van der Waals surface area contributed by atoms with Gasteiger partial charge >= 0.3 is 0 Å². The number of rotatable bonds is 6. The third-order valence-electron chi connectivity index (χ3n) is 6.06. The quantitative estimate of drug-likeness (QED) is 0.382. The summed E-state index contributed by atoms with van der Waals surface area (Å²) >= 11 is 0. The molecular weight excluding hydrogens is 391 g/mol. The summed E-state index contributed by atoms with van der Waals surface area (Å²) in [6.45, 7) is 0. The lowest BCUT2D eigenvalue weighted by molar-refractivity contribution is 0.139. The smallest absolute Gasteiger partial charge is 0.259 e. The van der Waals surface area contributed by atoms with Gasteiger partial charge in [-0.3, -0.25) is 8.68 Å². The van der Waals surface area contributed by atoms with Crippen LogP contribution < -0.4 is 0 Å². The highest BCUT2D eigenvalue weighted by atomic mass is 31.2. The number of imidazole rings is 2. The highest BCUT2D eigenvalue weighted by Crippen LogP contribution is 2.49. The minimum Gasteiger partial charge on any atom is -0.319 e. The predicted molar refractivity (Wildman–Crippen MR) is 119 cm³/mol. The molecule has 0 N–H and O–H groups in total. The van der Waals surface area contributed by atoms with Crippen molar-refractivity contribution in [2.24, 2.45) is 0 Å². The third kappa shape index (κ3) is 3.71. The molecule has 6 heteroatoms. The third-order valence-corrected chi connectivity index (χ3v) is 7.81. The second-order valence-corrected chi connectivity index (χ2v) is 9.40. The average molecular weight is 416 g/mol. The van der Waals surface area contributed by atoms with Gasteiger partial charge in [0.2, 0.25) is 0 Å². The topological polar surface area (TPSA) is 44.9 Å². The zero-order valence-corrected chi connectivity index (χ0v) is 17.7. The maximum atomic E-state index is 6.66. The number of nitrogens with zero attached hydrogens (tertiary/aromatic N) is 4. The molecule has 2 aromatic carbocycles. The monoisotopic (exact) mass is 416 g/mol. The van der Waals surface area contributed by atoms with Crippen molar-refractivity contribution < 1.29 is 4.52 Å². The molecule has 4 aromatic rings. The van der Waals surface area contributed by atoms with Crippen molar-refractivity contribution in [1.82, 2.24) is 18.6 Å². The van der Waals surface area contributed by atoms with E-state index < -0.39 is 8.45 Å². The molecule has 2 heterocycles. The van der Waals surface area contributed by atoms with Gasteiger partial charge in [0, 0.05) is 30.2 Å². The molecule has 2 aromatic heterocycles. The number of benzene rings is 2. The van der Waals surface area contributed by atoms with Crippen LogP contribution in [0.2, 0.25) is 0 Å². The summed E-state index contributed by atoms with van der Waals surface area (Å²) in [7, 11) is -1.03. The maximum absolute atomic E-state index is 6.66. The molecule has 5 nitrogen and oxygen atoms in total. The van der Waals surface area contributed by atoms with Crippen LogP contribution in [0.3, 0.4) is 0 Å². The van der Waals surface area contributed by atoms with E-state index in [0.717, 1.165) is 25.7 Å². The summed E-state index contributed by atoms with van der Waals surface area (Å²) in [6.07, 6.45) is 15.6. The van der Waals surface area contributed by atoms with E-state index in [-0.39, 0.29) is 11.5 Å². The maximum Gasteiger partial charge on any atom is 0.259 e. The van der Waals surface area contributed by atoms with Crippen molar-refractivity contribution in [1.29, 1.82) is 0 Å². The molecular formula is C24H25N4OP. The largest absolute Gasteiger partial charge is 0.319 e. The average Bonchev–Trinajstić information content (AvgIpc) is 3.54. The van der Waals surface area contributed by atoms with Crippen LogP contribution in [0.15, 0.2) is 98.1 Å². The SMILES string of the molecule is c1ccc(C2(c3ccccc3)CCC(OP(n3ccnc3)n3ccnc3)CC2)cc1.